The van der Waals surface area contributed by atoms with Crippen LogP contribution in [-0.4, -0.2) is 6.71 Å². The standard InChI is InChI=1S/C40H35BN2O/c1-39(2)23-24-40(3,4)30-25-27(21-22-29(30)39)43-34-19-12-18-33-36(34)41(38-37(43)28-15-8-11-20-35(28)44-38)31-16-9-10-17-32(31)42(33)26-13-6-5-7-14-26/h5-22,25H,23-24H2,1-4H3. The van der Waals surface area contributed by atoms with Gasteiger partial charge in [0.15, 0.2) is 0 Å². The summed E-state index contributed by atoms with van der Waals surface area (Å²) in [6.07, 6.45) is 2.39. The van der Waals surface area contributed by atoms with Crippen molar-refractivity contribution in [2.24, 2.45) is 0 Å². The first-order valence-corrected chi connectivity index (χ1v) is 15.9. The molecule has 44 heavy (non-hydrogen) atoms. The summed E-state index contributed by atoms with van der Waals surface area (Å²) in [5.41, 5.74) is 14.8. The second-order valence-electron chi connectivity index (χ2n) is 14.0. The van der Waals surface area contributed by atoms with E-state index in [9.17, 15) is 0 Å². The number of hydrogen-bond donors (Lipinski definition) is 0. The Labute approximate surface area is 259 Å². The number of rotatable bonds is 2. The lowest BCUT2D eigenvalue weighted by Crippen LogP contribution is -2.60. The maximum atomic E-state index is 6.92. The van der Waals surface area contributed by atoms with Crippen LogP contribution in [0.2, 0.25) is 0 Å². The number of nitrogens with zero attached hydrogens (tertiary/aromatic N) is 2. The molecule has 2 aliphatic heterocycles. The lowest BCUT2D eigenvalue weighted by molar-refractivity contribution is 0.332. The number of hydrogen-bond acceptors (Lipinski definition) is 3. The Kier molecular flexibility index (Phi) is 5.22. The second kappa shape index (κ2) is 8.92. The second-order valence-corrected chi connectivity index (χ2v) is 14.0. The Hall–Kier alpha value is -4.70. The Morgan fingerprint density at radius 2 is 1.25 bits per heavy atom. The number of para-hydroxylation sites is 3. The lowest BCUT2D eigenvalue weighted by atomic mass is 9.35. The zero-order chi connectivity index (χ0) is 29.8. The smallest absolute Gasteiger partial charge is 0.297 e. The summed E-state index contributed by atoms with van der Waals surface area (Å²) in [7, 11) is 0. The third kappa shape index (κ3) is 3.45. The van der Waals surface area contributed by atoms with Gasteiger partial charge >= 0.3 is 0 Å². The molecule has 0 spiro atoms. The summed E-state index contributed by atoms with van der Waals surface area (Å²) in [6, 6.07) is 42.2. The van der Waals surface area contributed by atoms with Gasteiger partial charge in [-0.1, -0.05) is 88.4 Å². The highest BCUT2D eigenvalue weighted by Gasteiger charge is 2.46. The van der Waals surface area contributed by atoms with Crippen LogP contribution in [0.25, 0.3) is 11.0 Å². The zero-order valence-corrected chi connectivity index (χ0v) is 25.8. The minimum absolute atomic E-state index is 0.0102. The van der Waals surface area contributed by atoms with E-state index in [1.165, 1.54) is 57.6 Å². The highest BCUT2D eigenvalue weighted by Crippen LogP contribution is 2.50. The van der Waals surface area contributed by atoms with Crippen molar-refractivity contribution in [2.75, 3.05) is 9.80 Å². The summed E-state index contributed by atoms with van der Waals surface area (Å²) >= 11 is 0. The molecule has 0 fully saturated rings. The summed E-state index contributed by atoms with van der Waals surface area (Å²) in [4.78, 5) is 4.92. The quantitative estimate of drug-likeness (QED) is 0.194. The minimum Gasteiger partial charge on any atom is -0.468 e. The third-order valence-electron chi connectivity index (χ3n) is 10.5. The van der Waals surface area contributed by atoms with E-state index < -0.39 is 0 Å². The Balaban J connectivity index is 1.37. The van der Waals surface area contributed by atoms with Crippen LogP contribution in [0.1, 0.15) is 51.7 Å². The van der Waals surface area contributed by atoms with Crippen LogP contribution in [0, 0.1) is 0 Å². The van der Waals surface area contributed by atoms with Crippen molar-refractivity contribution in [3.8, 4) is 0 Å². The predicted octanol–water partition coefficient (Wildman–Crippen LogP) is 8.86. The summed E-state index contributed by atoms with van der Waals surface area (Å²) < 4.78 is 6.92. The molecule has 214 valence electrons. The predicted molar refractivity (Wildman–Crippen MR) is 186 cm³/mol. The fourth-order valence-corrected chi connectivity index (χ4v) is 8.16. The van der Waals surface area contributed by atoms with Crippen LogP contribution in [0.15, 0.2) is 120 Å². The number of benzene rings is 5. The Morgan fingerprint density at radius 1 is 0.591 bits per heavy atom. The zero-order valence-electron chi connectivity index (χ0n) is 25.8. The Bertz CT molecular complexity index is 2110. The van der Waals surface area contributed by atoms with E-state index in [1.807, 2.05) is 0 Å². The van der Waals surface area contributed by atoms with Crippen LogP contribution < -0.4 is 26.4 Å². The highest BCUT2D eigenvalue weighted by molar-refractivity contribution is 6.99. The molecule has 1 aliphatic carbocycles. The van der Waals surface area contributed by atoms with Gasteiger partial charge in [0.1, 0.15) is 5.58 Å². The summed E-state index contributed by atoms with van der Waals surface area (Å²) in [5.74, 6) is 0. The van der Waals surface area contributed by atoms with Crippen molar-refractivity contribution in [3.05, 3.63) is 126 Å². The van der Waals surface area contributed by atoms with E-state index in [0.717, 1.165) is 28.0 Å². The largest absolute Gasteiger partial charge is 0.468 e. The maximum absolute atomic E-state index is 6.92. The molecular weight excluding hydrogens is 535 g/mol. The average molecular weight is 571 g/mol. The van der Waals surface area contributed by atoms with Gasteiger partial charge in [0.2, 0.25) is 0 Å². The van der Waals surface area contributed by atoms with Gasteiger partial charge in [0.05, 0.1) is 11.3 Å². The topological polar surface area (TPSA) is 19.6 Å². The first kappa shape index (κ1) is 25.8. The maximum Gasteiger partial charge on any atom is 0.297 e. The molecule has 0 N–H and O–H groups in total. The van der Waals surface area contributed by atoms with E-state index in [4.69, 9.17) is 4.42 Å². The van der Waals surface area contributed by atoms with Crippen LogP contribution in [-0.2, 0) is 10.8 Å². The van der Waals surface area contributed by atoms with Crippen LogP contribution in [0.5, 0.6) is 0 Å². The Morgan fingerprint density at radius 3 is 2.07 bits per heavy atom. The lowest BCUT2D eigenvalue weighted by Gasteiger charge is -2.44. The number of fused-ring (bicyclic) bond motifs is 7. The molecule has 4 heteroatoms. The van der Waals surface area contributed by atoms with Crippen molar-refractivity contribution in [3.63, 3.8) is 0 Å². The van der Waals surface area contributed by atoms with E-state index in [0.29, 0.717) is 0 Å². The molecule has 0 bridgehead atoms. The minimum atomic E-state index is -0.0102. The molecule has 9 rings (SSSR count). The van der Waals surface area contributed by atoms with E-state index in [2.05, 4.69) is 153 Å². The molecule has 0 radical (unpaired) electrons. The van der Waals surface area contributed by atoms with Crippen molar-refractivity contribution >= 4 is 68.4 Å². The van der Waals surface area contributed by atoms with Crippen molar-refractivity contribution in [2.45, 2.75) is 51.4 Å². The van der Waals surface area contributed by atoms with Crippen LogP contribution >= 0.6 is 0 Å². The molecule has 3 nitrogen and oxygen atoms in total. The molecule has 0 amide bonds. The highest BCUT2D eigenvalue weighted by atomic mass is 16.3. The first-order chi connectivity index (χ1) is 21.3. The molecule has 6 aromatic rings. The van der Waals surface area contributed by atoms with Crippen molar-refractivity contribution < 1.29 is 4.42 Å². The van der Waals surface area contributed by atoms with Gasteiger partial charge in [-0.15, -0.1) is 0 Å². The fourth-order valence-electron chi connectivity index (χ4n) is 8.16. The number of anilines is 6. The normalized spacial score (nSPS) is 17.1. The summed E-state index contributed by atoms with van der Waals surface area (Å²) in [6.45, 7) is 9.61. The molecule has 0 saturated carbocycles. The first-order valence-electron chi connectivity index (χ1n) is 15.9. The molecule has 0 saturated heterocycles. The SMILES string of the molecule is CC1(C)CCC(C)(C)c2cc(N3c4cccc5c4B(c4ccccc4N5c4ccccc4)c4oc5ccccc5c43)ccc21. The molecule has 0 unspecified atom stereocenters. The van der Waals surface area contributed by atoms with E-state index in [-0.39, 0.29) is 17.5 Å². The van der Waals surface area contributed by atoms with Gasteiger partial charge in [-0.2, -0.15) is 0 Å². The average Bonchev–Trinajstić information content (AvgIpc) is 3.43. The van der Waals surface area contributed by atoms with Gasteiger partial charge in [0.25, 0.3) is 6.71 Å². The third-order valence-corrected chi connectivity index (χ3v) is 10.5. The number of furan rings is 1. The van der Waals surface area contributed by atoms with Crippen LogP contribution in [0.4, 0.5) is 34.1 Å². The van der Waals surface area contributed by atoms with E-state index in [1.54, 1.807) is 0 Å². The molecule has 1 aromatic heterocycles. The monoisotopic (exact) mass is 570 g/mol. The molecular formula is C40H35BN2O. The van der Waals surface area contributed by atoms with Gasteiger partial charge in [0, 0.05) is 33.8 Å². The van der Waals surface area contributed by atoms with Crippen molar-refractivity contribution in [1.82, 2.24) is 0 Å². The fraction of sp³-hybridized carbons (Fsp3) is 0.200. The summed E-state index contributed by atoms with van der Waals surface area (Å²) in [5, 5.41) is 1.15. The molecule has 3 heterocycles. The van der Waals surface area contributed by atoms with Crippen LogP contribution in [0.3, 0.4) is 0 Å². The van der Waals surface area contributed by atoms with Gasteiger partial charge in [-0.3, -0.25) is 0 Å². The van der Waals surface area contributed by atoms with Gasteiger partial charge < -0.3 is 14.2 Å². The molecule has 3 aliphatic rings. The molecule has 5 aromatic carbocycles. The van der Waals surface area contributed by atoms with Gasteiger partial charge in [-0.05, 0) is 100 Å². The van der Waals surface area contributed by atoms with Gasteiger partial charge in [-0.25, -0.2) is 0 Å². The van der Waals surface area contributed by atoms with Crippen molar-refractivity contribution in [1.29, 1.82) is 0 Å². The molecule has 0 atom stereocenters. The van der Waals surface area contributed by atoms with E-state index >= 15 is 0 Å².